The lowest BCUT2D eigenvalue weighted by molar-refractivity contribution is -0.129. The number of urea groups is 1. The van der Waals surface area contributed by atoms with Crippen molar-refractivity contribution >= 4 is 40.2 Å². The monoisotopic (exact) mass is 562 g/mol. The molecule has 2 N–H and O–H groups in total. The summed E-state index contributed by atoms with van der Waals surface area (Å²) >= 11 is -0.185. The number of anilines is 1. The first kappa shape index (κ1) is 28.5. The first-order valence-corrected chi connectivity index (χ1v) is 13.2. The molecule has 1 unspecified atom stereocenters. The van der Waals surface area contributed by atoms with E-state index >= 15 is 0 Å². The Morgan fingerprint density at radius 3 is 2.30 bits per heavy atom. The average Bonchev–Trinajstić information content (AvgIpc) is 2.93. The summed E-state index contributed by atoms with van der Waals surface area (Å²) < 4.78 is 38.9. The molecule has 0 saturated heterocycles. The number of amides is 3. The molecule has 4 aromatic carbocycles. The van der Waals surface area contributed by atoms with Crippen LogP contribution in [0, 0.1) is 11.5 Å². The van der Waals surface area contributed by atoms with Crippen molar-refractivity contribution in [1.82, 2.24) is 10.2 Å². The third-order valence-electron chi connectivity index (χ3n) is 6.13. The van der Waals surface area contributed by atoms with E-state index in [1.54, 1.807) is 49.4 Å². The van der Waals surface area contributed by atoms with E-state index in [2.05, 4.69) is 10.6 Å². The number of nitrogens with zero attached hydrogens (tertiary/aromatic N) is 2. The van der Waals surface area contributed by atoms with Crippen LogP contribution in [0.25, 0.3) is 21.9 Å². The Morgan fingerprint density at radius 2 is 1.62 bits per heavy atom. The molecule has 10 heteroatoms. The van der Waals surface area contributed by atoms with Crippen LogP contribution in [0.5, 0.6) is 0 Å². The van der Waals surface area contributed by atoms with Crippen molar-refractivity contribution in [3.05, 3.63) is 96.6 Å². The molecule has 0 fully saturated rings. The molecule has 0 bridgehead atoms. The van der Waals surface area contributed by atoms with Gasteiger partial charge in [-0.05, 0) is 64.3 Å². The Morgan fingerprint density at radius 1 is 0.950 bits per heavy atom. The molecule has 0 aliphatic heterocycles. The maximum absolute atomic E-state index is 13.1. The highest BCUT2D eigenvalue weighted by molar-refractivity contribution is 8.00. The predicted molar refractivity (Wildman–Crippen MR) is 150 cm³/mol. The number of likely N-dealkylation sites (N-methyl/N-ethyl adjacent to an activating group) is 1. The van der Waals surface area contributed by atoms with Gasteiger partial charge in [-0.15, -0.1) is 0 Å². The second-order valence-electron chi connectivity index (χ2n) is 8.84. The van der Waals surface area contributed by atoms with Gasteiger partial charge in [-0.25, -0.2) is 9.69 Å². The summed E-state index contributed by atoms with van der Waals surface area (Å²) in [7, 11) is 0. The van der Waals surface area contributed by atoms with Crippen molar-refractivity contribution in [2.24, 2.45) is 0 Å². The lowest BCUT2D eigenvalue weighted by Gasteiger charge is -2.22. The summed E-state index contributed by atoms with van der Waals surface area (Å²) in [6, 6.07) is 24.4. The molecular formula is C30H25F3N4O2S. The number of halogens is 3. The Kier molecular flexibility index (Phi) is 8.97. The number of thioether (sulfide) groups is 1. The van der Waals surface area contributed by atoms with Crippen molar-refractivity contribution in [1.29, 1.82) is 5.26 Å². The van der Waals surface area contributed by atoms with Crippen LogP contribution in [-0.4, -0.2) is 34.9 Å². The highest BCUT2D eigenvalue weighted by Crippen LogP contribution is 2.41. The molecule has 0 aromatic heterocycles. The molecule has 4 aromatic rings. The highest BCUT2D eigenvalue weighted by Gasteiger charge is 2.30. The van der Waals surface area contributed by atoms with E-state index in [-0.39, 0.29) is 29.6 Å². The number of carbonyl (C=O) groups excluding carboxylic acids is 2. The van der Waals surface area contributed by atoms with Crippen LogP contribution in [0.3, 0.4) is 0 Å². The Labute approximate surface area is 233 Å². The number of nitriles is 1. The Bertz CT molecular complexity index is 1550. The average molecular weight is 563 g/mol. The Balaban J connectivity index is 1.49. The van der Waals surface area contributed by atoms with Gasteiger partial charge in [0, 0.05) is 23.5 Å². The second-order valence-corrected chi connectivity index (χ2v) is 9.95. The minimum absolute atomic E-state index is 0.0708. The van der Waals surface area contributed by atoms with Crippen LogP contribution in [0.15, 0.2) is 95.9 Å². The molecule has 6 nitrogen and oxygen atoms in total. The fraction of sp³-hybridized carbons (Fsp3) is 0.167. The molecule has 1 atom stereocenters. The van der Waals surface area contributed by atoms with Gasteiger partial charge in [0.15, 0.2) is 6.19 Å². The predicted octanol–water partition coefficient (Wildman–Crippen LogP) is 7.18. The molecule has 0 saturated carbocycles. The number of alkyl halides is 3. The zero-order chi connectivity index (χ0) is 28.7. The molecule has 0 aliphatic carbocycles. The SMILES string of the molecule is CCN(C#N)C(=O)C(Cc1ccc2ccccc2c1)NC(=O)Nc1ccc(-c2ccccc2SC(F)(F)F)cc1. The summed E-state index contributed by atoms with van der Waals surface area (Å²) in [6.45, 7) is 1.82. The summed E-state index contributed by atoms with van der Waals surface area (Å²) in [5.41, 5.74) is -2.26. The smallest absolute Gasteiger partial charge is 0.326 e. The number of hydrogen-bond acceptors (Lipinski definition) is 4. The summed E-state index contributed by atoms with van der Waals surface area (Å²) in [5.74, 6) is -0.539. The van der Waals surface area contributed by atoms with Gasteiger partial charge in [0.2, 0.25) is 0 Å². The van der Waals surface area contributed by atoms with E-state index in [1.807, 2.05) is 48.7 Å². The molecule has 204 valence electrons. The Hall–Kier alpha value is -4.49. The third-order valence-corrected chi connectivity index (χ3v) is 6.93. The second kappa shape index (κ2) is 12.6. The van der Waals surface area contributed by atoms with Crippen LogP contribution in [0.1, 0.15) is 12.5 Å². The number of carbonyl (C=O) groups is 2. The summed E-state index contributed by atoms with van der Waals surface area (Å²) in [4.78, 5) is 27.0. The minimum atomic E-state index is -4.42. The molecule has 3 amide bonds. The van der Waals surface area contributed by atoms with Crippen LogP contribution in [-0.2, 0) is 11.2 Å². The number of benzene rings is 4. The normalized spacial score (nSPS) is 11.9. The van der Waals surface area contributed by atoms with E-state index in [0.717, 1.165) is 21.2 Å². The largest absolute Gasteiger partial charge is 0.446 e. The molecule has 0 spiro atoms. The van der Waals surface area contributed by atoms with Crippen molar-refractivity contribution in [3.8, 4) is 17.3 Å². The third kappa shape index (κ3) is 7.33. The molecule has 4 rings (SSSR count). The van der Waals surface area contributed by atoms with Gasteiger partial charge in [0.05, 0.1) is 0 Å². The zero-order valence-corrected chi connectivity index (χ0v) is 22.2. The van der Waals surface area contributed by atoms with E-state index in [0.29, 0.717) is 16.8 Å². The standard InChI is InChI=1S/C30H25F3N4O2S/c1-2-37(19-34)28(38)26(18-20-11-12-21-7-3-4-8-23(21)17-20)36-29(39)35-24-15-13-22(14-16-24)25-9-5-6-10-27(25)40-30(31,32)33/h3-17,26H,2,18H2,1H3,(H2,35,36,39). The summed E-state index contributed by atoms with van der Waals surface area (Å²) in [5, 5.41) is 16.7. The molecule has 0 heterocycles. The van der Waals surface area contributed by atoms with Gasteiger partial charge >= 0.3 is 11.5 Å². The molecule has 40 heavy (non-hydrogen) atoms. The van der Waals surface area contributed by atoms with Crippen molar-refractivity contribution in [3.63, 3.8) is 0 Å². The number of hydrogen-bond donors (Lipinski definition) is 2. The fourth-order valence-electron chi connectivity index (χ4n) is 4.24. The van der Waals surface area contributed by atoms with Gasteiger partial charge in [-0.2, -0.15) is 18.4 Å². The highest BCUT2D eigenvalue weighted by atomic mass is 32.2. The van der Waals surface area contributed by atoms with Crippen LogP contribution < -0.4 is 10.6 Å². The van der Waals surface area contributed by atoms with Crippen molar-refractivity contribution in [2.45, 2.75) is 29.8 Å². The molecule has 0 aliphatic rings. The lowest BCUT2D eigenvalue weighted by atomic mass is 10.0. The lowest BCUT2D eigenvalue weighted by Crippen LogP contribution is -2.49. The van der Waals surface area contributed by atoms with E-state index < -0.39 is 23.5 Å². The van der Waals surface area contributed by atoms with Gasteiger partial charge in [0.1, 0.15) is 6.04 Å². The zero-order valence-electron chi connectivity index (χ0n) is 21.4. The van der Waals surface area contributed by atoms with Gasteiger partial charge in [0.25, 0.3) is 5.91 Å². The number of fused-ring (bicyclic) bond motifs is 1. The fourth-order valence-corrected chi connectivity index (χ4v) is 4.93. The van der Waals surface area contributed by atoms with Crippen molar-refractivity contribution in [2.75, 3.05) is 11.9 Å². The first-order chi connectivity index (χ1) is 19.2. The first-order valence-electron chi connectivity index (χ1n) is 12.4. The number of nitrogens with one attached hydrogen (secondary N) is 2. The van der Waals surface area contributed by atoms with Crippen LogP contribution in [0.2, 0.25) is 0 Å². The van der Waals surface area contributed by atoms with Gasteiger partial charge < -0.3 is 10.6 Å². The van der Waals surface area contributed by atoms with Gasteiger partial charge in [-0.3, -0.25) is 4.79 Å². The maximum Gasteiger partial charge on any atom is 0.446 e. The van der Waals surface area contributed by atoms with Crippen LogP contribution >= 0.6 is 11.8 Å². The van der Waals surface area contributed by atoms with E-state index in [9.17, 15) is 28.0 Å². The van der Waals surface area contributed by atoms with E-state index in [4.69, 9.17) is 0 Å². The topological polar surface area (TPSA) is 85.2 Å². The number of rotatable bonds is 8. The molecular weight excluding hydrogens is 537 g/mol. The molecule has 0 radical (unpaired) electrons. The maximum atomic E-state index is 13.1. The van der Waals surface area contributed by atoms with E-state index in [1.165, 1.54) is 6.07 Å². The minimum Gasteiger partial charge on any atom is -0.326 e. The summed E-state index contributed by atoms with van der Waals surface area (Å²) in [6.07, 6.45) is 2.02. The van der Waals surface area contributed by atoms with Crippen molar-refractivity contribution < 1.29 is 22.8 Å². The van der Waals surface area contributed by atoms with Gasteiger partial charge in [-0.1, -0.05) is 72.8 Å². The quantitative estimate of drug-likeness (QED) is 0.135. The van der Waals surface area contributed by atoms with Crippen LogP contribution in [0.4, 0.5) is 23.7 Å².